The van der Waals surface area contributed by atoms with Crippen molar-refractivity contribution >= 4 is 5.91 Å². The zero-order valence-electron chi connectivity index (χ0n) is 9.98. The number of nitrogens with one attached hydrogen (secondary N) is 1. The van der Waals surface area contributed by atoms with Gasteiger partial charge in [0.15, 0.2) is 0 Å². The van der Waals surface area contributed by atoms with E-state index < -0.39 is 0 Å². The van der Waals surface area contributed by atoms with Crippen LogP contribution in [-0.4, -0.2) is 19.1 Å². The summed E-state index contributed by atoms with van der Waals surface area (Å²) in [5.74, 6) is 1.73. The summed E-state index contributed by atoms with van der Waals surface area (Å²) in [5.41, 5.74) is 1.25. The van der Waals surface area contributed by atoms with Gasteiger partial charge in [0.05, 0.1) is 7.11 Å². The highest BCUT2D eigenvalue weighted by atomic mass is 16.5. The molecule has 0 saturated heterocycles. The van der Waals surface area contributed by atoms with E-state index >= 15 is 0 Å². The van der Waals surface area contributed by atoms with Crippen LogP contribution in [0.4, 0.5) is 0 Å². The van der Waals surface area contributed by atoms with Crippen LogP contribution in [0.5, 0.6) is 5.75 Å². The average molecular weight is 231 g/mol. The number of ether oxygens (including phenoxy) is 1. The number of carbonyl (C=O) groups excluding carboxylic acids is 1. The van der Waals surface area contributed by atoms with Gasteiger partial charge in [-0.05, 0) is 42.9 Å². The van der Waals surface area contributed by atoms with E-state index in [0.717, 1.165) is 25.0 Å². The summed E-state index contributed by atoms with van der Waals surface area (Å²) in [6.07, 6.45) is 3.31. The molecule has 2 saturated carbocycles. The normalized spacial score (nSPS) is 26.4. The van der Waals surface area contributed by atoms with Crippen LogP contribution in [0.3, 0.4) is 0 Å². The molecule has 1 aromatic rings. The lowest BCUT2D eigenvalue weighted by atomic mass is 10.1. The summed E-state index contributed by atoms with van der Waals surface area (Å²) >= 11 is 0. The van der Waals surface area contributed by atoms with Gasteiger partial charge in [0, 0.05) is 12.0 Å². The second kappa shape index (κ2) is 4.06. The van der Waals surface area contributed by atoms with Crippen molar-refractivity contribution in [1.82, 2.24) is 5.32 Å². The van der Waals surface area contributed by atoms with E-state index in [0.29, 0.717) is 12.0 Å². The molecule has 1 amide bonds. The van der Waals surface area contributed by atoms with E-state index in [1.165, 1.54) is 5.56 Å². The number of rotatable bonds is 4. The molecule has 1 N–H and O–H groups in total. The van der Waals surface area contributed by atoms with E-state index in [1.807, 2.05) is 12.1 Å². The molecule has 0 bridgehead atoms. The molecule has 2 aliphatic rings. The Kier molecular flexibility index (Phi) is 2.54. The van der Waals surface area contributed by atoms with Crippen molar-refractivity contribution in [2.24, 2.45) is 5.92 Å². The molecule has 2 fully saturated rings. The highest BCUT2D eigenvalue weighted by molar-refractivity contribution is 5.83. The Bertz CT molecular complexity index is 422. The second-order valence-corrected chi connectivity index (χ2v) is 5.00. The number of amides is 1. The van der Waals surface area contributed by atoms with Crippen LogP contribution in [-0.2, 0) is 4.79 Å². The smallest absolute Gasteiger partial charge is 0.223 e. The summed E-state index contributed by atoms with van der Waals surface area (Å²) in [6.45, 7) is 0. The molecule has 0 radical (unpaired) electrons. The van der Waals surface area contributed by atoms with Gasteiger partial charge >= 0.3 is 0 Å². The monoisotopic (exact) mass is 231 g/mol. The third-order valence-electron chi connectivity index (χ3n) is 3.59. The van der Waals surface area contributed by atoms with Gasteiger partial charge in [-0.1, -0.05) is 12.1 Å². The van der Waals surface area contributed by atoms with E-state index in [1.54, 1.807) is 7.11 Å². The van der Waals surface area contributed by atoms with E-state index in [4.69, 9.17) is 4.74 Å². The molecule has 2 unspecified atom stereocenters. The molecule has 0 aliphatic heterocycles. The first-order chi connectivity index (χ1) is 8.28. The Morgan fingerprint density at radius 2 is 2.00 bits per heavy atom. The molecule has 2 aliphatic carbocycles. The van der Waals surface area contributed by atoms with Gasteiger partial charge in [0.25, 0.3) is 0 Å². The Morgan fingerprint density at radius 3 is 2.59 bits per heavy atom. The topological polar surface area (TPSA) is 38.3 Å². The van der Waals surface area contributed by atoms with E-state index in [2.05, 4.69) is 17.4 Å². The molecule has 0 heterocycles. The van der Waals surface area contributed by atoms with Crippen molar-refractivity contribution in [1.29, 1.82) is 0 Å². The number of carbonyl (C=O) groups is 1. The van der Waals surface area contributed by atoms with Crippen molar-refractivity contribution in [2.45, 2.75) is 31.2 Å². The van der Waals surface area contributed by atoms with Crippen molar-refractivity contribution in [3.63, 3.8) is 0 Å². The van der Waals surface area contributed by atoms with Crippen LogP contribution in [0.2, 0.25) is 0 Å². The summed E-state index contributed by atoms with van der Waals surface area (Å²) in [7, 11) is 1.66. The highest BCUT2D eigenvalue weighted by Crippen LogP contribution is 2.48. The van der Waals surface area contributed by atoms with Gasteiger partial charge in [0.1, 0.15) is 5.75 Å². The summed E-state index contributed by atoms with van der Waals surface area (Å²) < 4.78 is 5.13. The molecule has 3 rings (SSSR count). The minimum atomic E-state index is 0.198. The first-order valence-corrected chi connectivity index (χ1v) is 6.22. The maximum atomic E-state index is 11.8. The zero-order chi connectivity index (χ0) is 11.8. The molecule has 2 atom stereocenters. The Balaban J connectivity index is 1.60. The Morgan fingerprint density at radius 1 is 1.29 bits per heavy atom. The van der Waals surface area contributed by atoms with Crippen LogP contribution in [0.15, 0.2) is 24.3 Å². The molecule has 3 heteroatoms. The van der Waals surface area contributed by atoms with E-state index in [9.17, 15) is 4.79 Å². The van der Waals surface area contributed by atoms with Crippen molar-refractivity contribution < 1.29 is 9.53 Å². The molecule has 3 nitrogen and oxygen atoms in total. The van der Waals surface area contributed by atoms with Gasteiger partial charge in [-0.3, -0.25) is 4.79 Å². The van der Waals surface area contributed by atoms with Crippen LogP contribution >= 0.6 is 0 Å². The van der Waals surface area contributed by atoms with Crippen molar-refractivity contribution in [3.05, 3.63) is 29.8 Å². The summed E-state index contributed by atoms with van der Waals surface area (Å²) in [6, 6.07) is 8.52. The SMILES string of the molecule is COc1ccc(C2CC2C(=O)NC2CC2)cc1. The lowest BCUT2D eigenvalue weighted by molar-refractivity contribution is -0.122. The molecule has 0 spiro atoms. The molecular formula is C14H17NO2. The predicted molar refractivity (Wildman–Crippen MR) is 65.0 cm³/mol. The van der Waals surface area contributed by atoms with Gasteiger partial charge in [-0.25, -0.2) is 0 Å². The van der Waals surface area contributed by atoms with Crippen LogP contribution in [0, 0.1) is 5.92 Å². The van der Waals surface area contributed by atoms with Gasteiger partial charge < -0.3 is 10.1 Å². The van der Waals surface area contributed by atoms with Crippen LogP contribution in [0.1, 0.15) is 30.7 Å². The number of hydrogen-bond acceptors (Lipinski definition) is 2. The standard InChI is InChI=1S/C14H17NO2/c1-17-11-6-2-9(3-7-11)12-8-13(12)14(16)15-10-4-5-10/h2-3,6-7,10,12-13H,4-5,8H2,1H3,(H,15,16). The summed E-state index contributed by atoms with van der Waals surface area (Å²) in [4.78, 5) is 11.8. The van der Waals surface area contributed by atoms with Crippen molar-refractivity contribution in [3.8, 4) is 5.75 Å². The van der Waals surface area contributed by atoms with Crippen LogP contribution in [0.25, 0.3) is 0 Å². The minimum Gasteiger partial charge on any atom is -0.497 e. The number of methoxy groups -OCH3 is 1. The number of hydrogen-bond donors (Lipinski definition) is 1. The molecular weight excluding hydrogens is 214 g/mol. The fourth-order valence-corrected chi connectivity index (χ4v) is 2.24. The third kappa shape index (κ3) is 2.28. The van der Waals surface area contributed by atoms with Crippen LogP contribution < -0.4 is 10.1 Å². The van der Waals surface area contributed by atoms with Gasteiger partial charge in [-0.15, -0.1) is 0 Å². The molecule has 0 aromatic heterocycles. The lowest BCUT2D eigenvalue weighted by Crippen LogP contribution is -2.27. The quantitative estimate of drug-likeness (QED) is 0.861. The predicted octanol–water partition coefficient (Wildman–Crippen LogP) is 2.08. The highest BCUT2D eigenvalue weighted by Gasteiger charge is 2.45. The fraction of sp³-hybridized carbons (Fsp3) is 0.500. The summed E-state index contributed by atoms with van der Waals surface area (Å²) in [5, 5.41) is 3.07. The third-order valence-corrected chi connectivity index (χ3v) is 3.59. The Labute approximate surface area is 101 Å². The largest absolute Gasteiger partial charge is 0.497 e. The van der Waals surface area contributed by atoms with Gasteiger partial charge in [0.2, 0.25) is 5.91 Å². The lowest BCUT2D eigenvalue weighted by Gasteiger charge is -2.04. The maximum absolute atomic E-state index is 11.8. The molecule has 1 aromatic carbocycles. The first-order valence-electron chi connectivity index (χ1n) is 6.22. The first kappa shape index (κ1) is 10.6. The average Bonchev–Trinajstić information content (AvgIpc) is 3.22. The number of benzene rings is 1. The molecule has 90 valence electrons. The van der Waals surface area contributed by atoms with Crippen molar-refractivity contribution in [2.75, 3.05) is 7.11 Å². The van der Waals surface area contributed by atoms with Gasteiger partial charge in [-0.2, -0.15) is 0 Å². The zero-order valence-corrected chi connectivity index (χ0v) is 9.98. The van der Waals surface area contributed by atoms with E-state index in [-0.39, 0.29) is 11.8 Å². The minimum absolute atomic E-state index is 0.198. The molecule has 17 heavy (non-hydrogen) atoms. The Hall–Kier alpha value is -1.51. The second-order valence-electron chi connectivity index (χ2n) is 5.00. The fourth-order valence-electron chi connectivity index (χ4n) is 2.24. The maximum Gasteiger partial charge on any atom is 0.223 e.